The van der Waals surface area contributed by atoms with Crippen LogP contribution in [0.1, 0.15) is 57.5 Å². The molecule has 2 atom stereocenters. The first-order valence-electron chi connectivity index (χ1n) is 6.40. The van der Waals surface area contributed by atoms with Gasteiger partial charge in [0, 0.05) is 11.6 Å². The molecule has 2 unspecified atom stereocenters. The molecule has 16 heavy (non-hydrogen) atoms. The second-order valence-electron chi connectivity index (χ2n) is 4.42. The zero-order valence-electron chi connectivity index (χ0n) is 10.7. The summed E-state index contributed by atoms with van der Waals surface area (Å²) in [5.74, 6) is 0.822. The lowest BCUT2D eigenvalue weighted by Crippen LogP contribution is -2.25. The van der Waals surface area contributed by atoms with Gasteiger partial charge in [-0.25, -0.2) is 4.98 Å². The monoisotopic (exact) mass is 240 g/mol. The van der Waals surface area contributed by atoms with Crippen LogP contribution in [0, 0.1) is 5.92 Å². The van der Waals surface area contributed by atoms with Crippen molar-refractivity contribution in [2.75, 3.05) is 6.54 Å². The van der Waals surface area contributed by atoms with Crippen molar-refractivity contribution in [3.63, 3.8) is 0 Å². The highest BCUT2D eigenvalue weighted by Gasteiger charge is 2.10. The predicted octanol–water partition coefficient (Wildman–Crippen LogP) is 4.01. The maximum Gasteiger partial charge on any atom is 0.109 e. The molecule has 1 N–H and O–H groups in total. The number of thiazole rings is 1. The van der Waals surface area contributed by atoms with Gasteiger partial charge in [0.05, 0.1) is 6.04 Å². The van der Waals surface area contributed by atoms with Gasteiger partial charge in [-0.15, -0.1) is 11.3 Å². The van der Waals surface area contributed by atoms with Crippen LogP contribution in [0.25, 0.3) is 0 Å². The highest BCUT2D eigenvalue weighted by Crippen LogP contribution is 2.17. The quantitative estimate of drug-likeness (QED) is 0.742. The third kappa shape index (κ3) is 4.62. The van der Waals surface area contributed by atoms with E-state index in [1.807, 2.05) is 11.6 Å². The maximum atomic E-state index is 4.34. The van der Waals surface area contributed by atoms with Crippen LogP contribution in [-0.2, 0) is 0 Å². The first kappa shape index (κ1) is 13.7. The van der Waals surface area contributed by atoms with Crippen LogP contribution < -0.4 is 5.32 Å². The third-order valence-corrected chi connectivity index (χ3v) is 4.04. The Kier molecular flexibility index (Phi) is 6.65. The number of unbranched alkanes of at least 4 members (excludes halogenated alkanes) is 1. The first-order valence-corrected chi connectivity index (χ1v) is 7.28. The molecule has 2 nitrogen and oxygen atoms in total. The van der Waals surface area contributed by atoms with E-state index in [1.54, 1.807) is 11.3 Å². The second-order valence-corrected chi connectivity index (χ2v) is 5.34. The van der Waals surface area contributed by atoms with E-state index in [0.29, 0.717) is 6.04 Å². The Morgan fingerprint density at radius 2 is 2.25 bits per heavy atom. The predicted molar refractivity (Wildman–Crippen MR) is 71.8 cm³/mol. The molecule has 0 bridgehead atoms. The van der Waals surface area contributed by atoms with Crippen molar-refractivity contribution < 1.29 is 0 Å². The number of nitrogens with one attached hydrogen (secondary N) is 1. The largest absolute Gasteiger partial charge is 0.308 e. The fraction of sp³-hybridized carbons (Fsp3) is 0.769. The fourth-order valence-corrected chi connectivity index (χ4v) is 2.49. The van der Waals surface area contributed by atoms with E-state index in [1.165, 1.54) is 30.7 Å². The third-order valence-electron chi connectivity index (χ3n) is 3.08. The molecular weight excluding hydrogens is 216 g/mol. The molecule has 1 aromatic rings. The van der Waals surface area contributed by atoms with Crippen LogP contribution in [0.3, 0.4) is 0 Å². The minimum atomic E-state index is 0.399. The molecule has 92 valence electrons. The molecule has 0 aliphatic rings. The number of hydrogen-bond donors (Lipinski definition) is 1. The van der Waals surface area contributed by atoms with Gasteiger partial charge in [-0.2, -0.15) is 0 Å². The summed E-state index contributed by atoms with van der Waals surface area (Å²) in [6.45, 7) is 7.87. The molecule has 0 aliphatic heterocycles. The van der Waals surface area contributed by atoms with Gasteiger partial charge in [0.1, 0.15) is 5.01 Å². The average Bonchev–Trinajstić information content (AvgIpc) is 2.82. The summed E-state index contributed by atoms with van der Waals surface area (Å²) >= 11 is 1.73. The van der Waals surface area contributed by atoms with Gasteiger partial charge in [0.15, 0.2) is 0 Å². The number of hydrogen-bond acceptors (Lipinski definition) is 3. The molecular formula is C13H24N2S. The van der Waals surface area contributed by atoms with Gasteiger partial charge < -0.3 is 5.32 Å². The Balaban J connectivity index is 2.26. The van der Waals surface area contributed by atoms with Crippen molar-refractivity contribution >= 4 is 11.3 Å². The maximum absolute atomic E-state index is 4.34. The van der Waals surface area contributed by atoms with Crippen molar-refractivity contribution in [1.82, 2.24) is 10.3 Å². The molecule has 0 amide bonds. The van der Waals surface area contributed by atoms with Crippen LogP contribution in [0.2, 0.25) is 0 Å². The van der Waals surface area contributed by atoms with E-state index in [4.69, 9.17) is 0 Å². The normalized spacial score (nSPS) is 14.9. The molecule has 0 fully saturated rings. The highest BCUT2D eigenvalue weighted by molar-refractivity contribution is 7.09. The molecule has 0 radical (unpaired) electrons. The Morgan fingerprint density at radius 1 is 1.44 bits per heavy atom. The summed E-state index contributed by atoms with van der Waals surface area (Å²) in [5, 5.41) is 6.84. The van der Waals surface area contributed by atoms with Crippen LogP contribution in [0.4, 0.5) is 0 Å². The fourth-order valence-electron chi connectivity index (χ4n) is 1.82. The van der Waals surface area contributed by atoms with Crippen molar-refractivity contribution in [2.45, 2.75) is 52.5 Å². The van der Waals surface area contributed by atoms with Gasteiger partial charge in [-0.1, -0.05) is 33.1 Å². The lowest BCUT2D eigenvalue weighted by Gasteiger charge is -2.18. The van der Waals surface area contributed by atoms with Crippen LogP contribution in [0.5, 0.6) is 0 Å². The summed E-state index contributed by atoms with van der Waals surface area (Å²) in [6.07, 6.45) is 7.17. The smallest absolute Gasteiger partial charge is 0.109 e. The van der Waals surface area contributed by atoms with Gasteiger partial charge in [-0.05, 0) is 25.8 Å². The molecule has 0 spiro atoms. The van der Waals surface area contributed by atoms with Crippen molar-refractivity contribution in [2.24, 2.45) is 5.92 Å². The second kappa shape index (κ2) is 7.80. The Hall–Kier alpha value is -0.410. The topological polar surface area (TPSA) is 24.9 Å². The Labute approximate surface area is 103 Å². The molecule has 0 aliphatic carbocycles. The van der Waals surface area contributed by atoms with Gasteiger partial charge in [-0.3, -0.25) is 0 Å². The van der Waals surface area contributed by atoms with E-state index >= 15 is 0 Å². The van der Waals surface area contributed by atoms with E-state index < -0.39 is 0 Å². The molecule has 0 aromatic carbocycles. The Bertz CT molecular complexity index is 259. The Morgan fingerprint density at radius 3 is 2.81 bits per heavy atom. The summed E-state index contributed by atoms with van der Waals surface area (Å²) in [7, 11) is 0. The molecule has 1 heterocycles. The van der Waals surface area contributed by atoms with E-state index in [0.717, 1.165) is 12.5 Å². The van der Waals surface area contributed by atoms with Gasteiger partial charge >= 0.3 is 0 Å². The van der Waals surface area contributed by atoms with Crippen molar-refractivity contribution in [3.8, 4) is 0 Å². The standard InChI is InChI=1S/C13H24N2S/c1-4-6-7-12(5-2)10-15-11(3)13-14-8-9-16-13/h8-9,11-12,15H,4-7,10H2,1-3H3. The number of nitrogens with zero attached hydrogens (tertiary/aromatic N) is 1. The van der Waals surface area contributed by atoms with E-state index in [9.17, 15) is 0 Å². The summed E-state index contributed by atoms with van der Waals surface area (Å²) < 4.78 is 0. The van der Waals surface area contributed by atoms with Crippen molar-refractivity contribution in [1.29, 1.82) is 0 Å². The van der Waals surface area contributed by atoms with Crippen LogP contribution >= 0.6 is 11.3 Å². The summed E-state index contributed by atoms with van der Waals surface area (Å²) in [4.78, 5) is 4.34. The SMILES string of the molecule is CCCCC(CC)CNC(C)c1nccs1. The minimum Gasteiger partial charge on any atom is -0.308 e. The lowest BCUT2D eigenvalue weighted by molar-refractivity contribution is 0.398. The van der Waals surface area contributed by atoms with Gasteiger partial charge in [0.25, 0.3) is 0 Å². The number of aromatic nitrogens is 1. The van der Waals surface area contributed by atoms with Gasteiger partial charge in [0.2, 0.25) is 0 Å². The highest BCUT2D eigenvalue weighted by atomic mass is 32.1. The molecule has 0 saturated carbocycles. The summed E-state index contributed by atoms with van der Waals surface area (Å²) in [6, 6.07) is 0.399. The minimum absolute atomic E-state index is 0.399. The first-order chi connectivity index (χ1) is 7.77. The summed E-state index contributed by atoms with van der Waals surface area (Å²) in [5.41, 5.74) is 0. The number of rotatable bonds is 8. The average molecular weight is 240 g/mol. The molecule has 1 rings (SSSR count). The van der Waals surface area contributed by atoms with E-state index in [-0.39, 0.29) is 0 Å². The van der Waals surface area contributed by atoms with Crippen molar-refractivity contribution in [3.05, 3.63) is 16.6 Å². The zero-order chi connectivity index (χ0) is 11.8. The van der Waals surface area contributed by atoms with Crippen LogP contribution in [0.15, 0.2) is 11.6 Å². The zero-order valence-corrected chi connectivity index (χ0v) is 11.5. The molecule has 1 aromatic heterocycles. The molecule has 3 heteroatoms. The van der Waals surface area contributed by atoms with Crippen LogP contribution in [-0.4, -0.2) is 11.5 Å². The van der Waals surface area contributed by atoms with E-state index in [2.05, 4.69) is 31.1 Å². The molecule has 0 saturated heterocycles. The lowest BCUT2D eigenvalue weighted by atomic mass is 9.99.